The summed E-state index contributed by atoms with van der Waals surface area (Å²) in [5.74, 6) is 1.55. The highest BCUT2D eigenvalue weighted by molar-refractivity contribution is 5.52. The SMILES string of the molecule is CNc1cc(N(C)CC(C)(C)O)nc(N)n1. The molecule has 1 heterocycles. The molecule has 1 aromatic heterocycles. The Labute approximate surface area is 95.5 Å². The van der Waals surface area contributed by atoms with Crippen LogP contribution in [0.5, 0.6) is 0 Å². The standard InChI is InChI=1S/C10H19N5O/c1-10(2,16)6-15(4)8-5-7(12-3)13-9(11)14-8/h5,16H,6H2,1-4H3,(H3,11,12,13,14). The highest BCUT2D eigenvalue weighted by Gasteiger charge is 2.17. The normalized spacial score (nSPS) is 11.3. The second kappa shape index (κ2) is 4.52. The third-order valence-corrected chi connectivity index (χ3v) is 2.00. The van der Waals surface area contributed by atoms with Gasteiger partial charge in [0.25, 0.3) is 0 Å². The molecule has 0 fully saturated rings. The van der Waals surface area contributed by atoms with Crippen molar-refractivity contribution in [1.29, 1.82) is 0 Å². The predicted octanol–water partition coefficient (Wildman–Crippen LogP) is 0.308. The van der Waals surface area contributed by atoms with E-state index in [2.05, 4.69) is 15.3 Å². The molecule has 0 amide bonds. The summed E-state index contributed by atoms with van der Waals surface area (Å²) in [5.41, 5.74) is 4.80. The zero-order chi connectivity index (χ0) is 12.3. The van der Waals surface area contributed by atoms with Crippen LogP contribution in [0.1, 0.15) is 13.8 Å². The minimum atomic E-state index is -0.783. The molecule has 0 aliphatic rings. The van der Waals surface area contributed by atoms with Crippen molar-refractivity contribution in [3.8, 4) is 0 Å². The number of likely N-dealkylation sites (N-methyl/N-ethyl adjacent to an activating group) is 1. The molecule has 6 nitrogen and oxygen atoms in total. The first kappa shape index (κ1) is 12.5. The Morgan fingerprint density at radius 3 is 2.62 bits per heavy atom. The van der Waals surface area contributed by atoms with Crippen molar-refractivity contribution < 1.29 is 5.11 Å². The fraction of sp³-hybridized carbons (Fsp3) is 0.600. The number of aliphatic hydroxyl groups is 1. The third kappa shape index (κ3) is 3.54. The largest absolute Gasteiger partial charge is 0.389 e. The molecule has 0 radical (unpaired) electrons. The minimum absolute atomic E-state index is 0.212. The Kier molecular flexibility index (Phi) is 3.54. The fourth-order valence-corrected chi connectivity index (χ4v) is 1.44. The maximum Gasteiger partial charge on any atom is 0.223 e. The van der Waals surface area contributed by atoms with E-state index in [1.807, 2.05) is 11.9 Å². The van der Waals surface area contributed by atoms with Crippen LogP contribution in [0, 0.1) is 0 Å². The number of nitrogens with two attached hydrogens (primary N) is 1. The van der Waals surface area contributed by atoms with E-state index in [9.17, 15) is 5.11 Å². The van der Waals surface area contributed by atoms with Crippen molar-refractivity contribution in [2.24, 2.45) is 0 Å². The predicted molar refractivity (Wildman–Crippen MR) is 65.6 cm³/mol. The molecule has 0 unspecified atom stereocenters. The summed E-state index contributed by atoms with van der Waals surface area (Å²) >= 11 is 0. The van der Waals surface area contributed by atoms with Crippen LogP contribution in [0.2, 0.25) is 0 Å². The smallest absolute Gasteiger partial charge is 0.223 e. The average Bonchev–Trinajstić information content (AvgIpc) is 2.14. The van der Waals surface area contributed by atoms with E-state index in [-0.39, 0.29) is 5.95 Å². The van der Waals surface area contributed by atoms with Gasteiger partial charge in [0.1, 0.15) is 11.6 Å². The lowest BCUT2D eigenvalue weighted by Gasteiger charge is -2.26. The fourth-order valence-electron chi connectivity index (χ4n) is 1.44. The van der Waals surface area contributed by atoms with Gasteiger partial charge in [-0.25, -0.2) is 0 Å². The molecule has 0 aliphatic carbocycles. The third-order valence-electron chi connectivity index (χ3n) is 2.00. The van der Waals surface area contributed by atoms with Gasteiger partial charge in [0.15, 0.2) is 0 Å². The number of hydrogen-bond donors (Lipinski definition) is 3. The van der Waals surface area contributed by atoms with E-state index in [0.717, 1.165) is 0 Å². The summed E-state index contributed by atoms with van der Waals surface area (Å²) in [6.45, 7) is 3.95. The lowest BCUT2D eigenvalue weighted by molar-refractivity contribution is 0.0884. The molecule has 0 saturated heterocycles. The topological polar surface area (TPSA) is 87.3 Å². The van der Waals surface area contributed by atoms with Crippen LogP contribution in [-0.2, 0) is 0 Å². The molecular weight excluding hydrogens is 206 g/mol. The highest BCUT2D eigenvalue weighted by Crippen LogP contribution is 2.17. The van der Waals surface area contributed by atoms with Gasteiger partial charge in [0.05, 0.1) is 5.60 Å². The van der Waals surface area contributed by atoms with E-state index < -0.39 is 5.60 Å². The van der Waals surface area contributed by atoms with Crippen LogP contribution in [-0.4, -0.2) is 41.3 Å². The molecule has 6 heteroatoms. The Hall–Kier alpha value is -1.56. The molecule has 1 aromatic rings. The van der Waals surface area contributed by atoms with Gasteiger partial charge in [-0.3, -0.25) is 0 Å². The molecule has 4 N–H and O–H groups in total. The first-order chi connectivity index (χ1) is 7.31. The highest BCUT2D eigenvalue weighted by atomic mass is 16.3. The number of anilines is 3. The molecule has 1 rings (SSSR count). The van der Waals surface area contributed by atoms with E-state index in [1.54, 1.807) is 27.0 Å². The molecule has 16 heavy (non-hydrogen) atoms. The van der Waals surface area contributed by atoms with Crippen molar-refractivity contribution in [2.75, 3.05) is 36.6 Å². The van der Waals surface area contributed by atoms with Crippen LogP contribution in [0.15, 0.2) is 6.07 Å². The van der Waals surface area contributed by atoms with Gasteiger partial charge in [0, 0.05) is 26.7 Å². The van der Waals surface area contributed by atoms with Crippen molar-refractivity contribution in [2.45, 2.75) is 19.4 Å². The zero-order valence-electron chi connectivity index (χ0n) is 10.2. The van der Waals surface area contributed by atoms with Crippen molar-refractivity contribution in [3.63, 3.8) is 0 Å². The first-order valence-electron chi connectivity index (χ1n) is 5.07. The van der Waals surface area contributed by atoms with Crippen LogP contribution in [0.4, 0.5) is 17.6 Å². The number of nitrogens with zero attached hydrogens (tertiary/aromatic N) is 3. The van der Waals surface area contributed by atoms with Crippen LogP contribution in [0.3, 0.4) is 0 Å². The molecule has 0 aromatic carbocycles. The molecule has 90 valence electrons. The molecule has 0 saturated carbocycles. The molecular formula is C10H19N5O. The summed E-state index contributed by atoms with van der Waals surface area (Å²) in [5, 5.41) is 12.6. The van der Waals surface area contributed by atoms with Gasteiger partial charge in [0.2, 0.25) is 5.95 Å². The lowest BCUT2D eigenvalue weighted by atomic mass is 10.1. The maximum absolute atomic E-state index is 9.71. The van der Waals surface area contributed by atoms with Crippen molar-refractivity contribution in [1.82, 2.24) is 9.97 Å². The Morgan fingerprint density at radius 1 is 1.50 bits per heavy atom. The van der Waals surface area contributed by atoms with Gasteiger partial charge in [-0.15, -0.1) is 0 Å². The van der Waals surface area contributed by atoms with E-state index >= 15 is 0 Å². The van der Waals surface area contributed by atoms with Gasteiger partial charge >= 0.3 is 0 Å². The minimum Gasteiger partial charge on any atom is -0.389 e. The lowest BCUT2D eigenvalue weighted by Crippen LogP contribution is -2.36. The molecule has 0 spiro atoms. The van der Waals surface area contributed by atoms with Crippen molar-refractivity contribution >= 4 is 17.6 Å². The maximum atomic E-state index is 9.71. The molecule has 0 aliphatic heterocycles. The van der Waals surface area contributed by atoms with Gasteiger partial charge in [-0.05, 0) is 13.8 Å². The Morgan fingerprint density at radius 2 is 2.12 bits per heavy atom. The summed E-state index contributed by atoms with van der Waals surface area (Å²) in [7, 11) is 3.61. The van der Waals surface area contributed by atoms with E-state index in [4.69, 9.17) is 5.73 Å². The second-order valence-electron chi connectivity index (χ2n) is 4.39. The monoisotopic (exact) mass is 225 g/mol. The number of nitrogens with one attached hydrogen (secondary N) is 1. The Bertz CT molecular complexity index is 361. The van der Waals surface area contributed by atoms with Crippen molar-refractivity contribution in [3.05, 3.63) is 6.07 Å². The number of aromatic nitrogens is 2. The zero-order valence-corrected chi connectivity index (χ0v) is 10.2. The quantitative estimate of drug-likeness (QED) is 0.683. The van der Waals surface area contributed by atoms with Gasteiger partial charge in [-0.1, -0.05) is 0 Å². The van der Waals surface area contributed by atoms with Gasteiger partial charge < -0.3 is 21.1 Å². The van der Waals surface area contributed by atoms with Crippen LogP contribution in [0.25, 0.3) is 0 Å². The first-order valence-corrected chi connectivity index (χ1v) is 5.07. The van der Waals surface area contributed by atoms with Crippen LogP contribution >= 0.6 is 0 Å². The number of nitrogen functional groups attached to an aromatic ring is 1. The second-order valence-corrected chi connectivity index (χ2v) is 4.39. The number of hydrogen-bond acceptors (Lipinski definition) is 6. The summed E-state index contributed by atoms with van der Waals surface area (Å²) in [6.07, 6.45) is 0. The van der Waals surface area contributed by atoms with E-state index in [0.29, 0.717) is 18.2 Å². The summed E-state index contributed by atoms with van der Waals surface area (Å²) < 4.78 is 0. The Balaban J connectivity index is 2.90. The molecule has 0 atom stereocenters. The van der Waals surface area contributed by atoms with Crippen LogP contribution < -0.4 is 16.0 Å². The molecule has 0 bridgehead atoms. The summed E-state index contributed by atoms with van der Waals surface area (Å²) in [4.78, 5) is 9.94. The number of rotatable bonds is 4. The summed E-state index contributed by atoms with van der Waals surface area (Å²) in [6, 6.07) is 1.78. The van der Waals surface area contributed by atoms with Gasteiger partial charge in [-0.2, -0.15) is 9.97 Å². The average molecular weight is 225 g/mol. The van der Waals surface area contributed by atoms with E-state index in [1.165, 1.54) is 0 Å².